The van der Waals surface area contributed by atoms with Crippen molar-refractivity contribution in [3.8, 4) is 0 Å². The summed E-state index contributed by atoms with van der Waals surface area (Å²) in [5.41, 5.74) is 0.971. The van der Waals surface area contributed by atoms with Gasteiger partial charge >= 0.3 is 5.97 Å². The van der Waals surface area contributed by atoms with E-state index in [0.29, 0.717) is 6.42 Å². The Hall–Kier alpha value is -1.61. The van der Waals surface area contributed by atoms with Crippen LogP contribution >= 0.6 is 0 Å². The summed E-state index contributed by atoms with van der Waals surface area (Å²) in [4.78, 5) is 10.4. The molecule has 0 amide bonds. The highest BCUT2D eigenvalue weighted by Gasteiger charge is 2.11. The summed E-state index contributed by atoms with van der Waals surface area (Å²) in [6.07, 6.45) is 2.11. The van der Waals surface area contributed by atoms with Crippen molar-refractivity contribution >= 4 is 5.97 Å². The van der Waals surface area contributed by atoms with Gasteiger partial charge in [-0.05, 0) is 12.0 Å². The SMILES string of the molecule is C=CCC(OCC(=O)O)c1ccccc1. The molecule has 0 aromatic heterocycles. The molecule has 1 aromatic carbocycles. The van der Waals surface area contributed by atoms with Crippen molar-refractivity contribution in [3.05, 3.63) is 48.6 Å². The van der Waals surface area contributed by atoms with Crippen LogP contribution in [0.5, 0.6) is 0 Å². The second-order valence-corrected chi connectivity index (χ2v) is 3.13. The van der Waals surface area contributed by atoms with Crippen LogP contribution in [0, 0.1) is 0 Å². The van der Waals surface area contributed by atoms with Crippen LogP contribution in [0.3, 0.4) is 0 Å². The minimum absolute atomic E-state index is 0.222. The fraction of sp³-hybridized carbons (Fsp3) is 0.250. The number of hydrogen-bond donors (Lipinski definition) is 1. The van der Waals surface area contributed by atoms with E-state index in [9.17, 15) is 4.79 Å². The van der Waals surface area contributed by atoms with Crippen LogP contribution in [0.25, 0.3) is 0 Å². The van der Waals surface area contributed by atoms with Crippen molar-refractivity contribution in [2.45, 2.75) is 12.5 Å². The minimum Gasteiger partial charge on any atom is -0.480 e. The van der Waals surface area contributed by atoms with Crippen molar-refractivity contribution in [1.29, 1.82) is 0 Å². The third kappa shape index (κ3) is 3.95. The first-order valence-electron chi connectivity index (χ1n) is 4.73. The van der Waals surface area contributed by atoms with E-state index in [1.165, 1.54) is 0 Å². The van der Waals surface area contributed by atoms with Gasteiger partial charge in [0.25, 0.3) is 0 Å². The summed E-state index contributed by atoms with van der Waals surface area (Å²) in [5, 5.41) is 8.53. The van der Waals surface area contributed by atoms with E-state index in [1.807, 2.05) is 30.3 Å². The summed E-state index contributed by atoms with van der Waals surface area (Å²) < 4.78 is 5.26. The van der Waals surface area contributed by atoms with Crippen molar-refractivity contribution in [3.63, 3.8) is 0 Å². The molecule has 15 heavy (non-hydrogen) atoms. The molecule has 80 valence electrons. The van der Waals surface area contributed by atoms with Gasteiger partial charge in [0.2, 0.25) is 0 Å². The molecule has 1 unspecified atom stereocenters. The van der Waals surface area contributed by atoms with Gasteiger partial charge < -0.3 is 9.84 Å². The molecular weight excluding hydrogens is 192 g/mol. The fourth-order valence-corrected chi connectivity index (χ4v) is 1.29. The summed E-state index contributed by atoms with van der Waals surface area (Å²) in [5.74, 6) is -0.958. The van der Waals surface area contributed by atoms with Gasteiger partial charge in [-0.15, -0.1) is 6.58 Å². The summed E-state index contributed by atoms with van der Waals surface area (Å²) in [7, 11) is 0. The normalized spacial score (nSPS) is 12.0. The van der Waals surface area contributed by atoms with E-state index in [2.05, 4.69) is 6.58 Å². The minimum atomic E-state index is -0.958. The van der Waals surface area contributed by atoms with Crippen molar-refractivity contribution < 1.29 is 14.6 Å². The van der Waals surface area contributed by atoms with Gasteiger partial charge in [0.15, 0.2) is 0 Å². The average Bonchev–Trinajstić information content (AvgIpc) is 2.25. The second-order valence-electron chi connectivity index (χ2n) is 3.13. The maximum Gasteiger partial charge on any atom is 0.329 e. The molecule has 3 nitrogen and oxygen atoms in total. The number of carbonyl (C=O) groups is 1. The van der Waals surface area contributed by atoms with E-state index in [-0.39, 0.29) is 12.7 Å². The largest absolute Gasteiger partial charge is 0.480 e. The number of carboxylic acid groups (broad SMARTS) is 1. The molecule has 0 aliphatic rings. The summed E-state index contributed by atoms with van der Waals surface area (Å²) >= 11 is 0. The van der Waals surface area contributed by atoms with E-state index >= 15 is 0 Å². The number of aliphatic carboxylic acids is 1. The third-order valence-corrected chi connectivity index (χ3v) is 1.96. The standard InChI is InChI=1S/C12H14O3/c1-2-6-11(15-9-12(13)14)10-7-4-3-5-8-10/h2-5,7-8,11H,1,6,9H2,(H,13,14). The van der Waals surface area contributed by atoms with Gasteiger partial charge in [-0.25, -0.2) is 4.79 Å². The Morgan fingerprint density at radius 1 is 1.47 bits per heavy atom. The predicted molar refractivity (Wildman–Crippen MR) is 57.6 cm³/mol. The van der Waals surface area contributed by atoms with Crippen LogP contribution in [0.4, 0.5) is 0 Å². The molecule has 1 rings (SSSR count). The molecule has 0 bridgehead atoms. The van der Waals surface area contributed by atoms with Gasteiger partial charge in [-0.3, -0.25) is 0 Å². The Morgan fingerprint density at radius 3 is 2.67 bits per heavy atom. The van der Waals surface area contributed by atoms with Crippen molar-refractivity contribution in [2.75, 3.05) is 6.61 Å². The predicted octanol–water partition coefficient (Wildman–Crippen LogP) is 2.41. The lowest BCUT2D eigenvalue weighted by Gasteiger charge is -2.15. The molecule has 0 aliphatic carbocycles. The van der Waals surface area contributed by atoms with Crippen LogP contribution in [0.15, 0.2) is 43.0 Å². The molecule has 0 radical (unpaired) electrons. The summed E-state index contributed by atoms with van der Waals surface area (Å²) in [6.45, 7) is 3.34. The van der Waals surface area contributed by atoms with Gasteiger partial charge in [0.05, 0.1) is 6.10 Å². The van der Waals surface area contributed by atoms with Gasteiger partial charge in [-0.2, -0.15) is 0 Å². The first kappa shape index (κ1) is 11.5. The van der Waals surface area contributed by atoms with Crippen LogP contribution < -0.4 is 0 Å². The quantitative estimate of drug-likeness (QED) is 0.727. The number of carboxylic acids is 1. The lowest BCUT2D eigenvalue weighted by atomic mass is 10.1. The van der Waals surface area contributed by atoms with Crippen LogP contribution in [0.1, 0.15) is 18.1 Å². The zero-order valence-electron chi connectivity index (χ0n) is 8.43. The van der Waals surface area contributed by atoms with Crippen LogP contribution in [0.2, 0.25) is 0 Å². The maximum absolute atomic E-state index is 10.4. The second kappa shape index (κ2) is 5.98. The lowest BCUT2D eigenvalue weighted by molar-refractivity contribution is -0.144. The highest BCUT2D eigenvalue weighted by Crippen LogP contribution is 2.20. The van der Waals surface area contributed by atoms with Gasteiger partial charge in [-0.1, -0.05) is 36.4 Å². The first-order chi connectivity index (χ1) is 7.24. The Balaban J connectivity index is 2.65. The maximum atomic E-state index is 10.4. The Kier molecular flexibility index (Phi) is 4.57. The average molecular weight is 206 g/mol. The Labute approximate surface area is 89.0 Å². The van der Waals surface area contributed by atoms with Crippen molar-refractivity contribution in [1.82, 2.24) is 0 Å². The number of hydrogen-bond acceptors (Lipinski definition) is 2. The van der Waals surface area contributed by atoms with Gasteiger partial charge in [0, 0.05) is 0 Å². The fourth-order valence-electron chi connectivity index (χ4n) is 1.29. The summed E-state index contributed by atoms with van der Waals surface area (Å²) in [6, 6.07) is 9.53. The Bertz CT molecular complexity index is 319. The molecule has 0 aliphatic heterocycles. The highest BCUT2D eigenvalue weighted by atomic mass is 16.5. The lowest BCUT2D eigenvalue weighted by Crippen LogP contribution is -2.11. The first-order valence-corrected chi connectivity index (χ1v) is 4.73. The van der Waals surface area contributed by atoms with Crippen LogP contribution in [-0.4, -0.2) is 17.7 Å². The Morgan fingerprint density at radius 2 is 2.13 bits per heavy atom. The molecule has 0 spiro atoms. The zero-order valence-corrected chi connectivity index (χ0v) is 8.43. The van der Waals surface area contributed by atoms with E-state index in [4.69, 9.17) is 9.84 Å². The van der Waals surface area contributed by atoms with Crippen LogP contribution in [-0.2, 0) is 9.53 Å². The number of rotatable bonds is 6. The van der Waals surface area contributed by atoms with E-state index in [1.54, 1.807) is 6.08 Å². The zero-order chi connectivity index (χ0) is 11.1. The molecular formula is C12H14O3. The highest BCUT2D eigenvalue weighted by molar-refractivity contribution is 5.68. The molecule has 0 saturated carbocycles. The van der Waals surface area contributed by atoms with E-state index < -0.39 is 5.97 Å². The number of ether oxygens (including phenoxy) is 1. The molecule has 0 fully saturated rings. The van der Waals surface area contributed by atoms with Gasteiger partial charge in [0.1, 0.15) is 6.61 Å². The monoisotopic (exact) mass is 206 g/mol. The molecule has 1 aromatic rings. The van der Waals surface area contributed by atoms with Crippen molar-refractivity contribution in [2.24, 2.45) is 0 Å². The molecule has 3 heteroatoms. The molecule has 1 N–H and O–H groups in total. The number of benzene rings is 1. The molecule has 0 saturated heterocycles. The van der Waals surface area contributed by atoms with E-state index in [0.717, 1.165) is 5.56 Å². The smallest absolute Gasteiger partial charge is 0.329 e. The molecule has 1 atom stereocenters. The topological polar surface area (TPSA) is 46.5 Å². The third-order valence-electron chi connectivity index (χ3n) is 1.96. The molecule has 0 heterocycles.